The summed E-state index contributed by atoms with van der Waals surface area (Å²) in [4.78, 5) is 31.8. The number of methoxy groups -OCH3 is 1. The molecule has 6 nitrogen and oxygen atoms in total. The summed E-state index contributed by atoms with van der Waals surface area (Å²) in [7, 11) is 1.60. The Labute approximate surface area is 193 Å². The first-order valence-corrected chi connectivity index (χ1v) is 10.8. The topological polar surface area (TPSA) is 79.7 Å². The quantitative estimate of drug-likeness (QED) is 0.336. The molecule has 0 bridgehead atoms. The summed E-state index contributed by atoms with van der Waals surface area (Å²) in [6, 6.07) is 17.5. The van der Waals surface area contributed by atoms with Gasteiger partial charge in [0.25, 0.3) is 11.7 Å². The van der Waals surface area contributed by atoms with Gasteiger partial charge in [0.05, 0.1) is 18.7 Å². The Morgan fingerprint density at radius 2 is 1.76 bits per heavy atom. The summed E-state index contributed by atoms with van der Waals surface area (Å²) in [5.41, 5.74) is 3.07. The van der Waals surface area contributed by atoms with E-state index in [9.17, 15) is 14.7 Å². The largest absolute Gasteiger partial charge is 0.507 e. The van der Waals surface area contributed by atoms with E-state index < -0.39 is 17.7 Å². The molecule has 1 aliphatic rings. The Kier molecular flexibility index (Phi) is 6.27. The Hall–Kier alpha value is -3.93. The van der Waals surface area contributed by atoms with Gasteiger partial charge in [-0.15, -0.1) is 0 Å². The number of carbonyl (C=O) groups excluding carboxylic acids is 2. The molecule has 2 aromatic carbocycles. The molecule has 6 heteroatoms. The summed E-state index contributed by atoms with van der Waals surface area (Å²) in [5.74, 6) is -0.674. The fourth-order valence-electron chi connectivity index (χ4n) is 4.20. The van der Waals surface area contributed by atoms with E-state index in [1.54, 1.807) is 43.8 Å². The molecule has 1 N–H and O–H groups in total. The molecule has 4 rings (SSSR count). The van der Waals surface area contributed by atoms with Gasteiger partial charge in [0, 0.05) is 24.5 Å². The van der Waals surface area contributed by atoms with Crippen LogP contribution < -0.4 is 4.74 Å². The van der Waals surface area contributed by atoms with Gasteiger partial charge in [0.15, 0.2) is 0 Å². The maximum Gasteiger partial charge on any atom is 0.295 e. The minimum atomic E-state index is -0.705. The highest BCUT2D eigenvalue weighted by Crippen LogP contribution is 2.41. The Morgan fingerprint density at radius 1 is 1.06 bits per heavy atom. The van der Waals surface area contributed by atoms with E-state index in [1.807, 2.05) is 50.2 Å². The SMILES string of the molecule is COc1ccc(/C(O)=C2/C(=O)C(=O)N(Cc3ccncc3)C2c2ccccc2)cc1C(C)C. The van der Waals surface area contributed by atoms with Crippen LogP contribution in [0.1, 0.15) is 48.1 Å². The lowest BCUT2D eigenvalue weighted by atomic mass is 9.93. The van der Waals surface area contributed by atoms with Crippen molar-refractivity contribution in [3.8, 4) is 5.75 Å². The molecule has 1 saturated heterocycles. The number of pyridine rings is 1. The van der Waals surface area contributed by atoms with E-state index in [1.165, 1.54) is 4.90 Å². The van der Waals surface area contributed by atoms with Gasteiger partial charge in [-0.25, -0.2) is 0 Å². The number of benzene rings is 2. The van der Waals surface area contributed by atoms with Crippen LogP contribution in [-0.4, -0.2) is 33.8 Å². The van der Waals surface area contributed by atoms with Gasteiger partial charge in [0.1, 0.15) is 11.5 Å². The highest BCUT2D eigenvalue weighted by atomic mass is 16.5. The van der Waals surface area contributed by atoms with Crippen LogP contribution in [0.4, 0.5) is 0 Å². The number of amides is 1. The molecule has 1 fully saturated rings. The second-order valence-electron chi connectivity index (χ2n) is 8.30. The van der Waals surface area contributed by atoms with Crippen molar-refractivity contribution >= 4 is 17.4 Å². The molecule has 1 aromatic heterocycles. The van der Waals surface area contributed by atoms with E-state index in [0.29, 0.717) is 11.3 Å². The summed E-state index contributed by atoms with van der Waals surface area (Å²) in [5, 5.41) is 11.3. The van der Waals surface area contributed by atoms with Gasteiger partial charge in [-0.3, -0.25) is 14.6 Å². The number of hydrogen-bond donors (Lipinski definition) is 1. The van der Waals surface area contributed by atoms with Crippen LogP contribution >= 0.6 is 0 Å². The maximum atomic E-state index is 13.2. The van der Waals surface area contributed by atoms with Crippen LogP contribution in [-0.2, 0) is 16.1 Å². The molecular formula is C27H26N2O4. The molecule has 1 aliphatic heterocycles. The Morgan fingerprint density at radius 3 is 2.39 bits per heavy atom. The summed E-state index contributed by atoms with van der Waals surface area (Å²) < 4.78 is 5.45. The average Bonchev–Trinajstić information content (AvgIpc) is 3.09. The number of aliphatic hydroxyl groups excluding tert-OH is 1. The van der Waals surface area contributed by atoms with Gasteiger partial charge < -0.3 is 14.7 Å². The monoisotopic (exact) mass is 442 g/mol. The van der Waals surface area contributed by atoms with Gasteiger partial charge >= 0.3 is 0 Å². The number of rotatable bonds is 6. The average molecular weight is 443 g/mol. The number of carbonyl (C=O) groups is 2. The summed E-state index contributed by atoms with van der Waals surface area (Å²) in [6.07, 6.45) is 3.29. The minimum Gasteiger partial charge on any atom is -0.507 e. The van der Waals surface area contributed by atoms with Crippen LogP contribution in [0.3, 0.4) is 0 Å². The third-order valence-electron chi connectivity index (χ3n) is 5.88. The maximum absolute atomic E-state index is 13.2. The van der Waals surface area contributed by atoms with Crippen molar-refractivity contribution in [2.24, 2.45) is 0 Å². The zero-order valence-corrected chi connectivity index (χ0v) is 18.9. The Balaban J connectivity index is 1.86. The molecule has 0 spiro atoms. The highest BCUT2D eigenvalue weighted by Gasteiger charge is 2.46. The number of ether oxygens (including phenoxy) is 1. The smallest absolute Gasteiger partial charge is 0.295 e. The van der Waals surface area contributed by atoms with E-state index >= 15 is 0 Å². The number of hydrogen-bond acceptors (Lipinski definition) is 5. The van der Waals surface area contributed by atoms with Gasteiger partial charge in [-0.05, 0) is 52.9 Å². The number of ketones is 1. The van der Waals surface area contributed by atoms with Crippen molar-refractivity contribution in [1.29, 1.82) is 0 Å². The number of nitrogens with zero attached hydrogens (tertiary/aromatic N) is 2. The normalized spacial score (nSPS) is 17.6. The standard InChI is InChI=1S/C27H26N2O4/c1-17(2)21-15-20(9-10-22(21)33-3)25(30)23-24(19-7-5-4-6-8-19)29(27(32)26(23)31)16-18-11-13-28-14-12-18/h4-15,17,24,30H,16H2,1-3H3/b25-23-. The lowest BCUT2D eigenvalue weighted by Gasteiger charge is -2.25. The molecule has 0 saturated carbocycles. The van der Waals surface area contributed by atoms with Crippen molar-refractivity contribution in [2.75, 3.05) is 7.11 Å². The second-order valence-corrected chi connectivity index (χ2v) is 8.30. The molecular weight excluding hydrogens is 416 g/mol. The molecule has 1 amide bonds. The fraction of sp³-hybridized carbons (Fsp3) is 0.222. The first kappa shape index (κ1) is 22.3. The van der Waals surface area contributed by atoms with Crippen LogP contribution in [0, 0.1) is 0 Å². The number of likely N-dealkylation sites (tertiary alicyclic amines) is 1. The van der Waals surface area contributed by atoms with E-state index in [4.69, 9.17) is 4.74 Å². The molecule has 3 aromatic rings. The van der Waals surface area contributed by atoms with Crippen LogP contribution in [0.2, 0.25) is 0 Å². The third kappa shape index (κ3) is 4.24. The van der Waals surface area contributed by atoms with Gasteiger partial charge in [-0.1, -0.05) is 44.2 Å². The van der Waals surface area contributed by atoms with E-state index in [2.05, 4.69) is 4.98 Å². The number of Topliss-reactive ketones (excluding diaryl/α,β-unsaturated/α-hetero) is 1. The van der Waals surface area contributed by atoms with E-state index in [0.717, 1.165) is 16.7 Å². The molecule has 168 valence electrons. The first-order chi connectivity index (χ1) is 15.9. The summed E-state index contributed by atoms with van der Waals surface area (Å²) >= 11 is 0. The summed E-state index contributed by atoms with van der Waals surface area (Å²) in [6.45, 7) is 4.28. The van der Waals surface area contributed by atoms with Crippen LogP contribution in [0.25, 0.3) is 5.76 Å². The molecule has 2 heterocycles. The van der Waals surface area contributed by atoms with Crippen LogP contribution in [0.5, 0.6) is 5.75 Å². The molecule has 1 unspecified atom stereocenters. The van der Waals surface area contributed by atoms with E-state index in [-0.39, 0.29) is 23.8 Å². The van der Waals surface area contributed by atoms with Crippen molar-refractivity contribution in [1.82, 2.24) is 9.88 Å². The molecule has 0 radical (unpaired) electrons. The van der Waals surface area contributed by atoms with Crippen molar-refractivity contribution in [3.63, 3.8) is 0 Å². The Bertz CT molecular complexity index is 1200. The molecule has 33 heavy (non-hydrogen) atoms. The third-order valence-corrected chi connectivity index (χ3v) is 5.88. The fourth-order valence-corrected chi connectivity index (χ4v) is 4.20. The molecule has 1 atom stereocenters. The highest BCUT2D eigenvalue weighted by molar-refractivity contribution is 6.46. The molecule has 0 aliphatic carbocycles. The van der Waals surface area contributed by atoms with Gasteiger partial charge in [-0.2, -0.15) is 0 Å². The van der Waals surface area contributed by atoms with Crippen molar-refractivity contribution in [3.05, 3.63) is 101 Å². The van der Waals surface area contributed by atoms with Crippen molar-refractivity contribution in [2.45, 2.75) is 32.4 Å². The lowest BCUT2D eigenvalue weighted by molar-refractivity contribution is -0.140. The first-order valence-electron chi connectivity index (χ1n) is 10.8. The zero-order valence-electron chi connectivity index (χ0n) is 18.9. The van der Waals surface area contributed by atoms with Gasteiger partial charge in [0.2, 0.25) is 0 Å². The van der Waals surface area contributed by atoms with Crippen LogP contribution in [0.15, 0.2) is 78.6 Å². The minimum absolute atomic E-state index is 0.0835. The number of aliphatic hydroxyl groups is 1. The lowest BCUT2D eigenvalue weighted by Crippen LogP contribution is -2.29. The number of aromatic nitrogens is 1. The second kappa shape index (κ2) is 9.28. The predicted molar refractivity (Wildman–Crippen MR) is 126 cm³/mol. The predicted octanol–water partition coefficient (Wildman–Crippen LogP) is 4.84. The zero-order chi connectivity index (χ0) is 23.5. The van der Waals surface area contributed by atoms with Crippen molar-refractivity contribution < 1.29 is 19.4 Å².